The monoisotopic (exact) mass is 349 g/mol. The summed E-state index contributed by atoms with van der Waals surface area (Å²) in [6.45, 7) is 1.91. The molecule has 0 saturated heterocycles. The van der Waals surface area contributed by atoms with E-state index < -0.39 is 0 Å². The van der Waals surface area contributed by atoms with Crippen LogP contribution >= 0.6 is 15.9 Å². The lowest BCUT2D eigenvalue weighted by Gasteiger charge is -2.14. The van der Waals surface area contributed by atoms with Crippen molar-refractivity contribution in [3.05, 3.63) is 61.5 Å². The van der Waals surface area contributed by atoms with E-state index in [2.05, 4.69) is 31.4 Å². The van der Waals surface area contributed by atoms with E-state index in [1.807, 2.05) is 13.0 Å². The molecule has 7 heteroatoms. The molecular formula is C14H12BrN3O3. The first-order chi connectivity index (χ1) is 10.1. The molecule has 21 heavy (non-hydrogen) atoms. The quantitative estimate of drug-likeness (QED) is 0.677. The van der Waals surface area contributed by atoms with Crippen LogP contribution in [0, 0.1) is 0 Å². The molecule has 2 heterocycles. The highest BCUT2D eigenvalue weighted by Gasteiger charge is 2.13. The Kier molecular flexibility index (Phi) is 3.42. The molecule has 0 aliphatic rings. The average molecular weight is 350 g/mol. The Morgan fingerprint density at radius 2 is 1.90 bits per heavy atom. The zero-order valence-electron chi connectivity index (χ0n) is 11.1. The molecule has 3 aromatic rings. The summed E-state index contributed by atoms with van der Waals surface area (Å²) in [7, 11) is 0. The van der Waals surface area contributed by atoms with E-state index >= 15 is 0 Å². The van der Waals surface area contributed by atoms with E-state index in [4.69, 9.17) is 4.42 Å². The number of furan rings is 1. The fraction of sp³-hybridized carbons (Fsp3) is 0.143. The van der Waals surface area contributed by atoms with Crippen LogP contribution < -0.4 is 16.4 Å². The Morgan fingerprint density at radius 3 is 2.62 bits per heavy atom. The van der Waals surface area contributed by atoms with Gasteiger partial charge in [0, 0.05) is 5.69 Å². The Morgan fingerprint density at radius 1 is 1.14 bits per heavy atom. The van der Waals surface area contributed by atoms with E-state index in [0.29, 0.717) is 21.1 Å². The van der Waals surface area contributed by atoms with Gasteiger partial charge >= 0.3 is 0 Å². The van der Waals surface area contributed by atoms with E-state index in [-0.39, 0.29) is 17.2 Å². The number of H-pyrrole nitrogens is 2. The van der Waals surface area contributed by atoms with Crippen LogP contribution in [-0.4, -0.2) is 10.2 Å². The summed E-state index contributed by atoms with van der Waals surface area (Å²) in [6, 6.07) is 8.58. The van der Waals surface area contributed by atoms with Crippen molar-refractivity contribution >= 4 is 32.4 Å². The van der Waals surface area contributed by atoms with Crippen molar-refractivity contribution in [1.82, 2.24) is 10.2 Å². The lowest BCUT2D eigenvalue weighted by atomic mass is 10.1. The van der Waals surface area contributed by atoms with Gasteiger partial charge in [0.15, 0.2) is 4.67 Å². The summed E-state index contributed by atoms with van der Waals surface area (Å²) in [5.41, 5.74) is -0.0953. The van der Waals surface area contributed by atoms with Crippen LogP contribution in [0.25, 0.3) is 10.8 Å². The van der Waals surface area contributed by atoms with Gasteiger partial charge in [-0.1, -0.05) is 6.07 Å². The van der Waals surface area contributed by atoms with Crippen LogP contribution in [0.3, 0.4) is 0 Å². The van der Waals surface area contributed by atoms with Gasteiger partial charge in [-0.05, 0) is 47.1 Å². The molecular weight excluding hydrogens is 338 g/mol. The van der Waals surface area contributed by atoms with Crippen LogP contribution in [-0.2, 0) is 0 Å². The Labute approximate surface area is 127 Å². The summed E-state index contributed by atoms with van der Waals surface area (Å²) in [4.78, 5) is 23.7. The first-order valence-electron chi connectivity index (χ1n) is 6.31. The average Bonchev–Trinajstić information content (AvgIpc) is 2.90. The maximum Gasteiger partial charge on any atom is 0.272 e. The number of halogens is 1. The number of hydrogen-bond acceptors (Lipinski definition) is 4. The van der Waals surface area contributed by atoms with Crippen LogP contribution in [0.15, 0.2) is 49.0 Å². The number of anilines is 1. The molecule has 0 spiro atoms. The molecule has 0 bridgehead atoms. The molecule has 1 aromatic carbocycles. The number of benzene rings is 1. The minimum Gasteiger partial charge on any atom is -0.452 e. The van der Waals surface area contributed by atoms with Gasteiger partial charge in [0.2, 0.25) is 0 Å². The predicted octanol–water partition coefficient (Wildman–Crippen LogP) is 2.75. The summed E-state index contributed by atoms with van der Waals surface area (Å²) in [6.07, 6.45) is 0. The Balaban J connectivity index is 2.07. The first kappa shape index (κ1) is 13.7. The van der Waals surface area contributed by atoms with Crippen LogP contribution in [0.2, 0.25) is 0 Å². The minimum absolute atomic E-state index is 0.152. The Bertz CT molecular complexity index is 909. The molecule has 2 aromatic heterocycles. The van der Waals surface area contributed by atoms with Gasteiger partial charge in [-0.15, -0.1) is 0 Å². The zero-order valence-corrected chi connectivity index (χ0v) is 12.7. The number of nitrogens with one attached hydrogen (secondary N) is 3. The maximum atomic E-state index is 12.0. The SMILES string of the molecule is CC(Nc1cccc2c(=O)[nH][nH]c(=O)c12)c1ccc(Br)o1. The molecule has 0 saturated carbocycles. The van der Waals surface area contributed by atoms with Gasteiger partial charge in [-0.25, -0.2) is 0 Å². The van der Waals surface area contributed by atoms with E-state index in [9.17, 15) is 9.59 Å². The van der Waals surface area contributed by atoms with E-state index in [0.717, 1.165) is 5.76 Å². The van der Waals surface area contributed by atoms with Crippen molar-refractivity contribution in [1.29, 1.82) is 0 Å². The highest BCUT2D eigenvalue weighted by Crippen LogP contribution is 2.25. The topological polar surface area (TPSA) is 90.9 Å². The molecule has 108 valence electrons. The smallest absolute Gasteiger partial charge is 0.272 e. The van der Waals surface area contributed by atoms with Gasteiger partial charge in [0.1, 0.15) is 5.76 Å². The lowest BCUT2D eigenvalue weighted by Crippen LogP contribution is -2.20. The largest absolute Gasteiger partial charge is 0.452 e. The summed E-state index contributed by atoms with van der Waals surface area (Å²) in [5, 5.41) is 8.52. The fourth-order valence-electron chi connectivity index (χ4n) is 2.22. The third-order valence-electron chi connectivity index (χ3n) is 3.22. The van der Waals surface area contributed by atoms with Gasteiger partial charge in [-0.2, -0.15) is 0 Å². The normalized spacial score (nSPS) is 12.5. The third kappa shape index (κ3) is 2.52. The molecule has 0 fully saturated rings. The fourth-order valence-corrected chi connectivity index (χ4v) is 2.53. The van der Waals surface area contributed by atoms with E-state index in [1.54, 1.807) is 24.3 Å². The zero-order chi connectivity index (χ0) is 15.0. The summed E-state index contributed by atoms with van der Waals surface area (Å²) in [5.74, 6) is 0.722. The van der Waals surface area contributed by atoms with Gasteiger partial charge in [0.05, 0.1) is 16.8 Å². The second-order valence-electron chi connectivity index (χ2n) is 4.64. The van der Waals surface area contributed by atoms with Crippen molar-refractivity contribution in [3.8, 4) is 0 Å². The first-order valence-corrected chi connectivity index (χ1v) is 7.11. The Hall–Kier alpha value is -2.28. The van der Waals surface area contributed by atoms with Crippen molar-refractivity contribution in [2.75, 3.05) is 5.32 Å². The summed E-state index contributed by atoms with van der Waals surface area (Å²) >= 11 is 3.25. The second kappa shape index (κ2) is 5.25. The third-order valence-corrected chi connectivity index (χ3v) is 3.64. The van der Waals surface area contributed by atoms with Crippen molar-refractivity contribution in [2.24, 2.45) is 0 Å². The van der Waals surface area contributed by atoms with Crippen LogP contribution in [0.4, 0.5) is 5.69 Å². The number of fused-ring (bicyclic) bond motifs is 1. The standard InChI is InChI=1S/C14H12BrN3O3/c1-7(10-5-6-11(15)21-10)16-9-4-2-3-8-12(9)14(20)18-17-13(8)19/h2-7,16H,1H3,(H,17,19)(H,18,20). The number of rotatable bonds is 3. The maximum absolute atomic E-state index is 12.0. The minimum atomic E-state index is -0.347. The molecule has 1 unspecified atom stereocenters. The summed E-state index contributed by atoms with van der Waals surface area (Å²) < 4.78 is 6.12. The lowest BCUT2D eigenvalue weighted by molar-refractivity contribution is 0.471. The molecule has 0 amide bonds. The molecule has 1 atom stereocenters. The van der Waals surface area contributed by atoms with Crippen LogP contribution in [0.5, 0.6) is 0 Å². The molecule has 0 aliphatic heterocycles. The molecule has 0 aliphatic carbocycles. The molecule has 0 radical (unpaired) electrons. The van der Waals surface area contributed by atoms with Crippen molar-refractivity contribution < 1.29 is 4.42 Å². The molecule has 6 nitrogen and oxygen atoms in total. The second-order valence-corrected chi connectivity index (χ2v) is 5.43. The number of aromatic nitrogens is 2. The van der Waals surface area contributed by atoms with E-state index in [1.165, 1.54) is 0 Å². The predicted molar refractivity (Wildman–Crippen MR) is 83.6 cm³/mol. The number of hydrogen-bond donors (Lipinski definition) is 3. The van der Waals surface area contributed by atoms with Crippen molar-refractivity contribution in [2.45, 2.75) is 13.0 Å². The van der Waals surface area contributed by atoms with Crippen LogP contribution in [0.1, 0.15) is 18.7 Å². The highest BCUT2D eigenvalue weighted by molar-refractivity contribution is 9.10. The highest BCUT2D eigenvalue weighted by atomic mass is 79.9. The van der Waals surface area contributed by atoms with Gasteiger partial charge in [0.25, 0.3) is 11.1 Å². The molecule has 3 N–H and O–H groups in total. The number of aromatic amines is 2. The van der Waals surface area contributed by atoms with Crippen molar-refractivity contribution in [3.63, 3.8) is 0 Å². The molecule has 3 rings (SSSR count). The van der Waals surface area contributed by atoms with Gasteiger partial charge in [-0.3, -0.25) is 19.8 Å². The van der Waals surface area contributed by atoms with Gasteiger partial charge < -0.3 is 9.73 Å².